The third kappa shape index (κ3) is 4.72. The molecule has 1 aromatic heterocycles. The van der Waals surface area contributed by atoms with E-state index in [1.807, 2.05) is 31.2 Å². The minimum absolute atomic E-state index is 0.138. The summed E-state index contributed by atoms with van der Waals surface area (Å²) in [6, 6.07) is 7.83. The van der Waals surface area contributed by atoms with E-state index in [0.29, 0.717) is 17.0 Å². The predicted octanol–water partition coefficient (Wildman–Crippen LogP) is 4.04. The number of carboxylic acid groups (broad SMARTS) is 1. The molecule has 2 aromatic rings. The highest BCUT2D eigenvalue weighted by Gasteiger charge is 2.24. The standard InChI is InChI=1S/C20H25NO4/c1-12(2)9-16(15-8-6-5-7-13(15)3)21-20(24)19-14(4)11-25-17(19)10-18(22)23/h5-8,11-12,16H,9-10H2,1-4H3,(H,21,24)(H,22,23). The van der Waals surface area contributed by atoms with Crippen molar-refractivity contribution in [3.05, 3.63) is 58.5 Å². The molecule has 0 saturated heterocycles. The summed E-state index contributed by atoms with van der Waals surface area (Å²) in [6.07, 6.45) is 1.91. The van der Waals surface area contributed by atoms with Crippen molar-refractivity contribution in [1.29, 1.82) is 0 Å². The minimum atomic E-state index is -1.03. The number of aliphatic carboxylic acids is 1. The molecule has 5 heteroatoms. The number of carboxylic acids is 1. The van der Waals surface area contributed by atoms with Gasteiger partial charge in [-0.15, -0.1) is 0 Å². The second kappa shape index (κ2) is 8.01. The molecule has 0 spiro atoms. The first-order valence-electron chi connectivity index (χ1n) is 8.44. The minimum Gasteiger partial charge on any atom is -0.481 e. The molecule has 1 unspecified atom stereocenters. The van der Waals surface area contributed by atoms with E-state index in [0.717, 1.165) is 17.5 Å². The highest BCUT2D eigenvalue weighted by atomic mass is 16.4. The molecule has 1 aromatic carbocycles. The van der Waals surface area contributed by atoms with Gasteiger partial charge in [-0.05, 0) is 37.3 Å². The van der Waals surface area contributed by atoms with E-state index in [1.54, 1.807) is 6.92 Å². The Morgan fingerprint density at radius 3 is 2.44 bits per heavy atom. The van der Waals surface area contributed by atoms with Crippen LogP contribution in [0.2, 0.25) is 0 Å². The van der Waals surface area contributed by atoms with Crippen LogP contribution < -0.4 is 5.32 Å². The fraction of sp³-hybridized carbons (Fsp3) is 0.400. The summed E-state index contributed by atoms with van der Waals surface area (Å²) in [5.74, 6) is -0.734. The molecule has 0 radical (unpaired) electrons. The fourth-order valence-electron chi connectivity index (χ4n) is 3.01. The van der Waals surface area contributed by atoms with Gasteiger partial charge in [0.25, 0.3) is 5.91 Å². The number of hydrogen-bond donors (Lipinski definition) is 2. The summed E-state index contributed by atoms with van der Waals surface area (Å²) in [6.45, 7) is 7.98. The summed E-state index contributed by atoms with van der Waals surface area (Å²) in [5.41, 5.74) is 3.15. The SMILES string of the molecule is Cc1ccccc1C(CC(C)C)NC(=O)c1c(C)coc1CC(=O)O. The maximum atomic E-state index is 12.8. The highest BCUT2D eigenvalue weighted by Crippen LogP contribution is 2.26. The first kappa shape index (κ1) is 18.8. The summed E-state index contributed by atoms with van der Waals surface area (Å²) in [7, 11) is 0. The molecule has 0 aliphatic heterocycles. The zero-order valence-electron chi connectivity index (χ0n) is 15.1. The number of rotatable bonds is 7. The number of hydrogen-bond acceptors (Lipinski definition) is 3. The summed E-state index contributed by atoms with van der Waals surface area (Å²) >= 11 is 0. The zero-order chi connectivity index (χ0) is 18.6. The third-order valence-corrected chi connectivity index (χ3v) is 4.17. The highest BCUT2D eigenvalue weighted by molar-refractivity contribution is 5.97. The molecule has 1 atom stereocenters. The van der Waals surface area contributed by atoms with E-state index in [9.17, 15) is 9.59 Å². The molecule has 1 amide bonds. The van der Waals surface area contributed by atoms with Crippen molar-refractivity contribution in [3.8, 4) is 0 Å². The van der Waals surface area contributed by atoms with Crippen LogP contribution in [0.1, 0.15) is 59.1 Å². The molecule has 5 nitrogen and oxygen atoms in total. The number of carbonyl (C=O) groups excluding carboxylic acids is 1. The molecule has 134 valence electrons. The normalized spacial score (nSPS) is 12.2. The molecule has 1 heterocycles. The topological polar surface area (TPSA) is 79.5 Å². The van der Waals surface area contributed by atoms with Gasteiger partial charge in [0, 0.05) is 5.56 Å². The zero-order valence-corrected chi connectivity index (χ0v) is 15.1. The Bertz CT molecular complexity index is 761. The van der Waals surface area contributed by atoms with Crippen LogP contribution in [-0.2, 0) is 11.2 Å². The van der Waals surface area contributed by atoms with Crippen LogP contribution in [0.3, 0.4) is 0 Å². The molecule has 0 aliphatic rings. The van der Waals surface area contributed by atoms with Gasteiger partial charge in [0.2, 0.25) is 0 Å². The smallest absolute Gasteiger partial charge is 0.311 e. The van der Waals surface area contributed by atoms with Crippen LogP contribution in [0.15, 0.2) is 34.9 Å². The van der Waals surface area contributed by atoms with Crippen molar-refractivity contribution in [1.82, 2.24) is 5.32 Å². The lowest BCUT2D eigenvalue weighted by atomic mass is 9.93. The molecule has 0 aliphatic carbocycles. The van der Waals surface area contributed by atoms with Gasteiger partial charge in [-0.1, -0.05) is 38.1 Å². The number of amides is 1. The fourth-order valence-corrected chi connectivity index (χ4v) is 3.01. The van der Waals surface area contributed by atoms with Crippen LogP contribution in [0.5, 0.6) is 0 Å². The maximum absolute atomic E-state index is 12.8. The van der Waals surface area contributed by atoms with Gasteiger partial charge in [-0.3, -0.25) is 9.59 Å². The Morgan fingerprint density at radius 1 is 1.16 bits per heavy atom. The van der Waals surface area contributed by atoms with Crippen LogP contribution >= 0.6 is 0 Å². The molecule has 2 N–H and O–H groups in total. The van der Waals surface area contributed by atoms with E-state index in [-0.39, 0.29) is 24.1 Å². The van der Waals surface area contributed by atoms with E-state index < -0.39 is 5.97 Å². The molecule has 0 fully saturated rings. The van der Waals surface area contributed by atoms with Crippen LogP contribution in [-0.4, -0.2) is 17.0 Å². The van der Waals surface area contributed by atoms with Crippen molar-refractivity contribution < 1.29 is 19.1 Å². The van der Waals surface area contributed by atoms with Crippen molar-refractivity contribution in [2.75, 3.05) is 0 Å². The number of nitrogens with one attached hydrogen (secondary N) is 1. The monoisotopic (exact) mass is 343 g/mol. The van der Waals surface area contributed by atoms with E-state index in [4.69, 9.17) is 9.52 Å². The van der Waals surface area contributed by atoms with E-state index >= 15 is 0 Å². The average molecular weight is 343 g/mol. The Morgan fingerprint density at radius 2 is 1.84 bits per heavy atom. The Kier molecular flexibility index (Phi) is 6.02. The first-order valence-corrected chi connectivity index (χ1v) is 8.44. The van der Waals surface area contributed by atoms with Gasteiger partial charge in [-0.2, -0.15) is 0 Å². The Hall–Kier alpha value is -2.56. The molecule has 25 heavy (non-hydrogen) atoms. The second-order valence-corrected chi connectivity index (χ2v) is 6.80. The second-order valence-electron chi connectivity index (χ2n) is 6.80. The maximum Gasteiger partial charge on any atom is 0.311 e. The summed E-state index contributed by atoms with van der Waals surface area (Å²) in [4.78, 5) is 23.8. The van der Waals surface area contributed by atoms with Crippen molar-refractivity contribution >= 4 is 11.9 Å². The molecular weight excluding hydrogens is 318 g/mol. The number of aryl methyl sites for hydroxylation is 2. The van der Waals surface area contributed by atoms with Gasteiger partial charge in [-0.25, -0.2) is 0 Å². The van der Waals surface area contributed by atoms with E-state index in [1.165, 1.54) is 6.26 Å². The quantitative estimate of drug-likeness (QED) is 0.795. The Balaban J connectivity index is 2.30. The summed E-state index contributed by atoms with van der Waals surface area (Å²) < 4.78 is 5.28. The van der Waals surface area contributed by atoms with Crippen LogP contribution in [0.25, 0.3) is 0 Å². The lowest BCUT2D eigenvalue weighted by Crippen LogP contribution is -2.31. The van der Waals surface area contributed by atoms with Gasteiger partial charge in [0.1, 0.15) is 12.2 Å². The summed E-state index contributed by atoms with van der Waals surface area (Å²) in [5, 5.41) is 12.1. The number of benzene rings is 1. The molecule has 0 bridgehead atoms. The number of carbonyl (C=O) groups is 2. The first-order chi connectivity index (χ1) is 11.8. The molecule has 2 rings (SSSR count). The van der Waals surface area contributed by atoms with Crippen LogP contribution in [0, 0.1) is 19.8 Å². The van der Waals surface area contributed by atoms with E-state index in [2.05, 4.69) is 19.2 Å². The van der Waals surface area contributed by atoms with Crippen molar-refractivity contribution in [2.24, 2.45) is 5.92 Å². The van der Waals surface area contributed by atoms with Gasteiger partial charge in [0.15, 0.2) is 0 Å². The lowest BCUT2D eigenvalue weighted by molar-refractivity contribution is -0.136. The van der Waals surface area contributed by atoms with Gasteiger partial charge in [0.05, 0.1) is 17.9 Å². The Labute approximate surface area is 148 Å². The largest absolute Gasteiger partial charge is 0.481 e. The van der Waals surface area contributed by atoms with Gasteiger partial charge >= 0.3 is 5.97 Å². The van der Waals surface area contributed by atoms with Gasteiger partial charge < -0.3 is 14.8 Å². The van der Waals surface area contributed by atoms with Crippen molar-refractivity contribution in [3.63, 3.8) is 0 Å². The van der Waals surface area contributed by atoms with Crippen LogP contribution in [0.4, 0.5) is 0 Å². The number of furan rings is 1. The third-order valence-electron chi connectivity index (χ3n) is 4.17. The lowest BCUT2D eigenvalue weighted by Gasteiger charge is -2.23. The molecule has 0 saturated carbocycles. The predicted molar refractivity (Wildman–Crippen MR) is 95.6 cm³/mol. The molecular formula is C20H25NO4. The van der Waals surface area contributed by atoms with Crippen molar-refractivity contribution in [2.45, 2.75) is 46.6 Å². The average Bonchev–Trinajstić information content (AvgIpc) is 2.86.